The summed E-state index contributed by atoms with van der Waals surface area (Å²) in [5, 5.41) is 10.1. The molecule has 2 atom stereocenters. The van der Waals surface area contributed by atoms with Crippen molar-refractivity contribution in [1.29, 1.82) is 0 Å². The minimum atomic E-state index is -0.213. The van der Waals surface area contributed by atoms with Crippen LogP contribution in [0.2, 0.25) is 0 Å². The lowest BCUT2D eigenvalue weighted by Crippen LogP contribution is -2.42. The van der Waals surface area contributed by atoms with Gasteiger partial charge in [0.2, 0.25) is 11.8 Å². The fourth-order valence-corrected chi connectivity index (χ4v) is 3.97. The van der Waals surface area contributed by atoms with Crippen LogP contribution in [-0.4, -0.2) is 46.9 Å². The molecule has 0 spiro atoms. The molecule has 2 N–H and O–H groups in total. The Bertz CT molecular complexity index is 720. The number of pyridine rings is 1. The molecule has 138 valence electrons. The topological polar surface area (TPSA) is 74.3 Å². The van der Waals surface area contributed by atoms with E-state index in [0.717, 1.165) is 12.2 Å². The van der Waals surface area contributed by atoms with Crippen LogP contribution in [0.4, 0.5) is 0 Å². The summed E-state index contributed by atoms with van der Waals surface area (Å²) in [6.07, 6.45) is 2.57. The highest BCUT2D eigenvalue weighted by atomic mass is 32.1. The average Bonchev–Trinajstić information content (AvgIpc) is 3.26. The van der Waals surface area contributed by atoms with Crippen LogP contribution in [0, 0.1) is 0 Å². The van der Waals surface area contributed by atoms with Crippen LogP contribution in [0.5, 0.6) is 0 Å². The molecular formula is C19H24N4O2S. The second-order valence-electron chi connectivity index (χ2n) is 6.47. The summed E-state index contributed by atoms with van der Waals surface area (Å²) >= 11 is 1.65. The fourth-order valence-electron chi connectivity index (χ4n) is 3.31. The maximum Gasteiger partial charge on any atom is 0.237 e. The maximum atomic E-state index is 12.4. The lowest BCUT2D eigenvalue weighted by atomic mass is 10.1. The molecule has 2 aromatic rings. The number of amides is 2. The van der Waals surface area contributed by atoms with Gasteiger partial charge in [-0.15, -0.1) is 0 Å². The van der Waals surface area contributed by atoms with Gasteiger partial charge in [0.1, 0.15) is 0 Å². The molecule has 1 saturated heterocycles. The number of nitrogens with one attached hydrogen (secondary N) is 2. The Balaban J connectivity index is 1.61. The van der Waals surface area contributed by atoms with Crippen molar-refractivity contribution in [2.75, 3.05) is 13.1 Å². The zero-order chi connectivity index (χ0) is 18.4. The number of aromatic nitrogens is 1. The number of thiophene rings is 1. The zero-order valence-electron chi connectivity index (χ0n) is 14.9. The first-order chi connectivity index (χ1) is 12.7. The van der Waals surface area contributed by atoms with E-state index in [1.807, 2.05) is 30.5 Å². The Hall–Kier alpha value is -2.25. The monoisotopic (exact) mass is 372 g/mol. The van der Waals surface area contributed by atoms with Gasteiger partial charge in [0.25, 0.3) is 0 Å². The third-order valence-corrected chi connectivity index (χ3v) is 5.19. The van der Waals surface area contributed by atoms with Gasteiger partial charge in [-0.25, -0.2) is 0 Å². The van der Waals surface area contributed by atoms with Gasteiger partial charge >= 0.3 is 0 Å². The molecule has 0 aromatic carbocycles. The molecule has 2 amide bonds. The predicted octanol–water partition coefficient (Wildman–Crippen LogP) is 1.58. The fraction of sp³-hybridized carbons (Fsp3) is 0.421. The Labute approximate surface area is 157 Å². The first-order valence-corrected chi connectivity index (χ1v) is 9.82. The normalized spacial score (nSPS) is 20.0. The molecule has 7 heteroatoms. The van der Waals surface area contributed by atoms with Gasteiger partial charge in [-0.3, -0.25) is 19.5 Å². The maximum absolute atomic E-state index is 12.4. The lowest BCUT2D eigenvalue weighted by Gasteiger charge is -2.22. The van der Waals surface area contributed by atoms with Crippen molar-refractivity contribution in [3.63, 3.8) is 0 Å². The second-order valence-corrected chi connectivity index (χ2v) is 7.25. The van der Waals surface area contributed by atoms with Crippen molar-refractivity contribution < 1.29 is 9.59 Å². The van der Waals surface area contributed by atoms with Crippen LogP contribution in [0.1, 0.15) is 24.6 Å². The third-order valence-electron chi connectivity index (χ3n) is 4.46. The van der Waals surface area contributed by atoms with E-state index < -0.39 is 0 Å². The Morgan fingerprint density at radius 1 is 1.35 bits per heavy atom. The summed E-state index contributed by atoms with van der Waals surface area (Å²) in [6.45, 7) is 3.92. The van der Waals surface area contributed by atoms with Crippen molar-refractivity contribution in [1.82, 2.24) is 20.5 Å². The van der Waals surface area contributed by atoms with Crippen LogP contribution in [0.3, 0.4) is 0 Å². The molecule has 1 aliphatic rings. The van der Waals surface area contributed by atoms with Crippen molar-refractivity contribution in [2.24, 2.45) is 0 Å². The van der Waals surface area contributed by atoms with Crippen LogP contribution in [0.25, 0.3) is 0 Å². The molecule has 6 nitrogen and oxygen atoms in total. The highest BCUT2D eigenvalue weighted by molar-refractivity contribution is 7.07. The van der Waals surface area contributed by atoms with Gasteiger partial charge in [0.05, 0.1) is 12.5 Å². The number of likely N-dealkylation sites (N-methyl/N-ethyl adjacent to an activating group) is 1. The minimum absolute atomic E-state index is 0.0301. The molecule has 2 aromatic heterocycles. The van der Waals surface area contributed by atoms with E-state index in [9.17, 15) is 9.59 Å². The SMILES string of the molecule is CCNC(=O)C1CC(NC(=O)Cc2ccccn2)CN1Cc1ccsc1. The number of carbonyl (C=O) groups is 2. The van der Waals surface area contributed by atoms with Crippen molar-refractivity contribution in [3.8, 4) is 0 Å². The van der Waals surface area contributed by atoms with E-state index in [0.29, 0.717) is 19.5 Å². The molecule has 2 unspecified atom stereocenters. The Morgan fingerprint density at radius 3 is 2.92 bits per heavy atom. The van der Waals surface area contributed by atoms with Gasteiger partial charge < -0.3 is 10.6 Å². The van der Waals surface area contributed by atoms with Crippen LogP contribution in [0.15, 0.2) is 41.2 Å². The quantitative estimate of drug-likeness (QED) is 0.774. The van der Waals surface area contributed by atoms with Gasteiger partial charge in [-0.2, -0.15) is 11.3 Å². The number of rotatable bonds is 7. The predicted molar refractivity (Wildman–Crippen MR) is 102 cm³/mol. The smallest absolute Gasteiger partial charge is 0.237 e. The molecular weight excluding hydrogens is 348 g/mol. The molecule has 26 heavy (non-hydrogen) atoms. The van der Waals surface area contributed by atoms with E-state index in [2.05, 4.69) is 32.0 Å². The largest absolute Gasteiger partial charge is 0.355 e. The van der Waals surface area contributed by atoms with E-state index >= 15 is 0 Å². The van der Waals surface area contributed by atoms with E-state index in [-0.39, 0.29) is 30.3 Å². The highest BCUT2D eigenvalue weighted by Crippen LogP contribution is 2.22. The van der Waals surface area contributed by atoms with Crippen molar-refractivity contribution >= 4 is 23.2 Å². The molecule has 1 fully saturated rings. The van der Waals surface area contributed by atoms with Gasteiger partial charge in [-0.05, 0) is 47.9 Å². The van der Waals surface area contributed by atoms with Crippen molar-refractivity contribution in [3.05, 3.63) is 52.5 Å². The van der Waals surface area contributed by atoms with Crippen molar-refractivity contribution in [2.45, 2.75) is 38.4 Å². The molecule has 1 aliphatic heterocycles. The molecule has 0 radical (unpaired) electrons. The molecule has 3 heterocycles. The van der Waals surface area contributed by atoms with E-state index in [4.69, 9.17) is 0 Å². The Kier molecular flexibility index (Phi) is 6.35. The standard InChI is InChI=1S/C19H24N4O2S/c1-2-20-19(25)17-9-16(12-23(17)11-14-6-8-26-13-14)22-18(24)10-15-5-3-4-7-21-15/h3-8,13,16-17H,2,9-12H2,1H3,(H,20,25)(H,22,24). The summed E-state index contributed by atoms with van der Waals surface area (Å²) < 4.78 is 0. The molecule has 0 bridgehead atoms. The first kappa shape index (κ1) is 18.5. The van der Waals surface area contributed by atoms with Crippen LogP contribution < -0.4 is 10.6 Å². The summed E-state index contributed by atoms with van der Waals surface area (Å²) in [6, 6.07) is 7.38. The number of hydrogen-bond acceptors (Lipinski definition) is 5. The summed E-state index contributed by atoms with van der Waals surface area (Å²) in [4.78, 5) is 31.1. The minimum Gasteiger partial charge on any atom is -0.355 e. The van der Waals surface area contributed by atoms with Crippen LogP contribution in [-0.2, 0) is 22.6 Å². The van der Waals surface area contributed by atoms with Gasteiger partial charge in [0.15, 0.2) is 0 Å². The van der Waals surface area contributed by atoms with E-state index in [1.54, 1.807) is 17.5 Å². The summed E-state index contributed by atoms with van der Waals surface area (Å²) in [7, 11) is 0. The number of likely N-dealkylation sites (tertiary alicyclic amines) is 1. The number of hydrogen-bond donors (Lipinski definition) is 2. The number of carbonyl (C=O) groups excluding carboxylic acids is 2. The summed E-state index contributed by atoms with van der Waals surface area (Å²) in [5.41, 5.74) is 1.95. The molecule has 0 saturated carbocycles. The van der Waals surface area contributed by atoms with Crippen LogP contribution >= 0.6 is 11.3 Å². The summed E-state index contributed by atoms with van der Waals surface area (Å²) in [5.74, 6) is -0.0232. The van der Waals surface area contributed by atoms with Gasteiger partial charge in [0, 0.05) is 37.6 Å². The highest BCUT2D eigenvalue weighted by Gasteiger charge is 2.37. The van der Waals surface area contributed by atoms with E-state index in [1.165, 1.54) is 5.56 Å². The van der Waals surface area contributed by atoms with Gasteiger partial charge in [-0.1, -0.05) is 6.07 Å². The Morgan fingerprint density at radius 2 is 2.23 bits per heavy atom. The second kappa shape index (κ2) is 8.91. The average molecular weight is 372 g/mol. The molecule has 3 rings (SSSR count). The molecule has 0 aliphatic carbocycles. The number of nitrogens with zero attached hydrogens (tertiary/aromatic N) is 2. The lowest BCUT2D eigenvalue weighted by molar-refractivity contribution is -0.125. The zero-order valence-corrected chi connectivity index (χ0v) is 15.7. The third kappa shape index (κ3) is 4.89. The first-order valence-electron chi connectivity index (χ1n) is 8.87.